The summed E-state index contributed by atoms with van der Waals surface area (Å²) in [4.78, 5) is 10.6. The van der Waals surface area contributed by atoms with Crippen molar-refractivity contribution in [3.63, 3.8) is 0 Å². The van der Waals surface area contributed by atoms with Gasteiger partial charge in [-0.15, -0.1) is 0 Å². The van der Waals surface area contributed by atoms with Gasteiger partial charge in [-0.2, -0.15) is 13.2 Å². The molecule has 0 spiro atoms. The van der Waals surface area contributed by atoms with E-state index in [9.17, 15) is 22.4 Å². The van der Waals surface area contributed by atoms with Gasteiger partial charge >= 0.3 is 12.1 Å². The maximum atomic E-state index is 13.1. The van der Waals surface area contributed by atoms with E-state index in [1.54, 1.807) is 27.9 Å². The van der Waals surface area contributed by atoms with Gasteiger partial charge in [0.05, 0.1) is 5.69 Å². The van der Waals surface area contributed by atoms with Crippen molar-refractivity contribution in [3.05, 3.63) is 27.1 Å². The molecule has 0 aromatic heterocycles. The lowest BCUT2D eigenvalue weighted by molar-refractivity contribution is -0.167. The second-order valence-electron chi connectivity index (χ2n) is 3.03. The Hall–Kier alpha value is -0.860. The van der Waals surface area contributed by atoms with Crippen molar-refractivity contribution in [1.29, 1.82) is 0 Å². The first-order valence-corrected chi connectivity index (χ1v) is 5.13. The van der Waals surface area contributed by atoms with Crippen LogP contribution in [0, 0.1) is 16.3 Å². The topological polar surface area (TPSA) is 29.1 Å². The molecule has 0 aliphatic heterocycles. The average molecular weight is 347 g/mol. The first-order valence-electron chi connectivity index (χ1n) is 4.05. The molecular formula is C9H6F4INO. The van der Waals surface area contributed by atoms with Crippen LogP contribution in [0.4, 0.5) is 23.2 Å². The maximum absolute atomic E-state index is 13.1. The van der Waals surface area contributed by atoms with Crippen molar-refractivity contribution in [1.82, 2.24) is 0 Å². The summed E-state index contributed by atoms with van der Waals surface area (Å²) in [5.74, 6) is -2.79. The quantitative estimate of drug-likeness (QED) is 0.613. The molecule has 7 heteroatoms. The van der Waals surface area contributed by atoms with E-state index in [4.69, 9.17) is 0 Å². The van der Waals surface area contributed by atoms with Gasteiger partial charge in [0.25, 0.3) is 0 Å². The first-order chi connectivity index (χ1) is 7.21. The Labute approximate surface area is 102 Å². The second kappa shape index (κ2) is 4.56. The van der Waals surface area contributed by atoms with Crippen LogP contribution < -0.4 is 5.32 Å². The number of alkyl halides is 3. The van der Waals surface area contributed by atoms with Crippen LogP contribution in [0.3, 0.4) is 0 Å². The molecule has 2 nitrogen and oxygen atoms in total. The van der Waals surface area contributed by atoms with E-state index in [1.807, 2.05) is 0 Å². The summed E-state index contributed by atoms with van der Waals surface area (Å²) in [6.07, 6.45) is -4.98. The normalized spacial score (nSPS) is 11.4. The summed E-state index contributed by atoms with van der Waals surface area (Å²) < 4.78 is 49.2. The minimum Gasteiger partial charge on any atom is -0.317 e. The molecule has 1 amide bonds. The van der Waals surface area contributed by atoms with Crippen LogP contribution in [0.5, 0.6) is 0 Å². The molecular weight excluding hydrogens is 341 g/mol. The van der Waals surface area contributed by atoms with Crippen LogP contribution in [0.15, 0.2) is 12.1 Å². The molecule has 0 radical (unpaired) electrons. The fourth-order valence-electron chi connectivity index (χ4n) is 0.935. The number of carbonyl (C=O) groups is 1. The van der Waals surface area contributed by atoms with Gasteiger partial charge in [0.1, 0.15) is 5.82 Å². The van der Waals surface area contributed by atoms with Gasteiger partial charge in [-0.1, -0.05) is 0 Å². The molecule has 0 saturated carbocycles. The van der Waals surface area contributed by atoms with Crippen LogP contribution in [0.2, 0.25) is 0 Å². The molecule has 0 bridgehead atoms. The van der Waals surface area contributed by atoms with Crippen LogP contribution >= 0.6 is 22.6 Å². The van der Waals surface area contributed by atoms with Crippen molar-refractivity contribution in [2.75, 3.05) is 5.32 Å². The number of hydrogen-bond donors (Lipinski definition) is 1. The Kier molecular flexibility index (Phi) is 3.76. The Bertz CT molecular complexity index is 430. The molecule has 16 heavy (non-hydrogen) atoms. The monoisotopic (exact) mass is 347 g/mol. The van der Waals surface area contributed by atoms with Crippen molar-refractivity contribution < 1.29 is 22.4 Å². The van der Waals surface area contributed by atoms with E-state index < -0.39 is 17.9 Å². The summed E-state index contributed by atoms with van der Waals surface area (Å²) in [6.45, 7) is 1.48. The van der Waals surface area contributed by atoms with Crippen molar-refractivity contribution >= 4 is 34.2 Å². The molecule has 0 saturated heterocycles. The molecule has 0 fully saturated rings. The third-order valence-corrected chi connectivity index (χ3v) is 2.65. The Morgan fingerprint density at radius 1 is 1.38 bits per heavy atom. The van der Waals surface area contributed by atoms with E-state index >= 15 is 0 Å². The van der Waals surface area contributed by atoms with Crippen LogP contribution in [-0.2, 0) is 4.79 Å². The number of halogens is 5. The number of hydrogen-bond acceptors (Lipinski definition) is 1. The molecule has 0 atom stereocenters. The summed E-state index contributed by atoms with van der Waals surface area (Å²) in [5.41, 5.74) is 0.112. The molecule has 1 aromatic carbocycles. The van der Waals surface area contributed by atoms with Gasteiger partial charge in [-0.25, -0.2) is 4.39 Å². The Morgan fingerprint density at radius 3 is 2.44 bits per heavy atom. The molecule has 0 aliphatic rings. The highest BCUT2D eigenvalue weighted by Gasteiger charge is 2.38. The first kappa shape index (κ1) is 13.2. The zero-order chi connectivity index (χ0) is 12.5. The van der Waals surface area contributed by atoms with E-state index in [1.165, 1.54) is 13.0 Å². The van der Waals surface area contributed by atoms with E-state index in [0.29, 0.717) is 9.13 Å². The number of benzene rings is 1. The van der Waals surface area contributed by atoms with Crippen LogP contribution in [0.25, 0.3) is 0 Å². The lowest BCUT2D eigenvalue weighted by Crippen LogP contribution is -2.30. The highest BCUT2D eigenvalue weighted by atomic mass is 127. The third kappa shape index (κ3) is 3.06. The average Bonchev–Trinajstić information content (AvgIpc) is 2.12. The zero-order valence-corrected chi connectivity index (χ0v) is 10.1. The van der Waals surface area contributed by atoms with Gasteiger partial charge in [0.2, 0.25) is 0 Å². The smallest absolute Gasteiger partial charge is 0.317 e. The van der Waals surface area contributed by atoms with Crippen molar-refractivity contribution in [2.24, 2.45) is 0 Å². The third-order valence-electron chi connectivity index (χ3n) is 1.75. The molecule has 88 valence electrons. The Morgan fingerprint density at radius 2 is 1.94 bits per heavy atom. The fraction of sp³-hybridized carbons (Fsp3) is 0.222. The predicted octanol–water partition coefficient (Wildman–Crippen LogP) is 3.24. The summed E-state index contributed by atoms with van der Waals surface area (Å²) in [7, 11) is 0. The van der Waals surface area contributed by atoms with E-state index in [0.717, 1.165) is 6.07 Å². The highest BCUT2D eigenvalue weighted by molar-refractivity contribution is 14.1. The lowest BCUT2D eigenvalue weighted by Gasteiger charge is -2.10. The Balaban J connectivity index is 2.99. The summed E-state index contributed by atoms with van der Waals surface area (Å²) >= 11 is 1.72. The fourth-order valence-corrected chi connectivity index (χ4v) is 1.69. The lowest BCUT2D eigenvalue weighted by atomic mass is 10.2. The standard InChI is InChI=1S/C9H6F4INO/c1-4-2-6(14)7(3-5(4)10)15-8(16)9(11,12)13/h2-3H,1H3,(H,15,16). The SMILES string of the molecule is Cc1cc(I)c(NC(=O)C(F)(F)F)cc1F. The van der Waals surface area contributed by atoms with Crippen LogP contribution in [-0.4, -0.2) is 12.1 Å². The number of carbonyl (C=O) groups excluding carboxylic acids is 1. The molecule has 0 unspecified atom stereocenters. The highest BCUT2D eigenvalue weighted by Crippen LogP contribution is 2.24. The molecule has 1 aromatic rings. The maximum Gasteiger partial charge on any atom is 0.471 e. The van der Waals surface area contributed by atoms with Gasteiger partial charge < -0.3 is 5.32 Å². The largest absolute Gasteiger partial charge is 0.471 e. The minimum atomic E-state index is -4.98. The van der Waals surface area contributed by atoms with Crippen molar-refractivity contribution in [3.8, 4) is 0 Å². The number of rotatable bonds is 1. The minimum absolute atomic E-state index is 0.189. The molecule has 0 heterocycles. The van der Waals surface area contributed by atoms with Crippen LogP contribution in [0.1, 0.15) is 5.56 Å². The van der Waals surface area contributed by atoms with Crippen molar-refractivity contribution in [2.45, 2.75) is 13.1 Å². The zero-order valence-electron chi connectivity index (χ0n) is 7.95. The number of anilines is 1. The van der Waals surface area contributed by atoms with Gasteiger partial charge in [0, 0.05) is 3.57 Å². The van der Waals surface area contributed by atoms with E-state index in [2.05, 4.69) is 0 Å². The molecule has 1 rings (SSSR count). The van der Waals surface area contributed by atoms with E-state index in [-0.39, 0.29) is 5.69 Å². The van der Waals surface area contributed by atoms with Gasteiger partial charge in [0.15, 0.2) is 0 Å². The van der Waals surface area contributed by atoms with Gasteiger partial charge in [-0.3, -0.25) is 4.79 Å². The molecule has 1 N–H and O–H groups in total. The number of nitrogens with one attached hydrogen (secondary N) is 1. The molecule has 0 aliphatic carbocycles. The summed E-state index contributed by atoms with van der Waals surface area (Å²) in [5, 5.41) is 1.61. The number of amides is 1. The van der Waals surface area contributed by atoms with Gasteiger partial charge in [-0.05, 0) is 47.2 Å². The second-order valence-corrected chi connectivity index (χ2v) is 4.20. The summed E-state index contributed by atoms with van der Waals surface area (Å²) in [6, 6.07) is 2.21. The number of aryl methyl sites for hydroxylation is 1. The predicted molar refractivity (Wildman–Crippen MR) is 58.5 cm³/mol.